The van der Waals surface area contributed by atoms with Crippen molar-refractivity contribution in [2.75, 3.05) is 13.1 Å². The highest BCUT2D eigenvalue weighted by Crippen LogP contribution is 2.34. The summed E-state index contributed by atoms with van der Waals surface area (Å²) in [5, 5.41) is 7.11. The molecule has 1 aliphatic heterocycles. The Morgan fingerprint density at radius 2 is 2.00 bits per heavy atom. The molecule has 0 radical (unpaired) electrons. The van der Waals surface area contributed by atoms with Crippen molar-refractivity contribution in [3.63, 3.8) is 0 Å². The Bertz CT molecular complexity index is 503. The molecule has 1 aliphatic carbocycles. The van der Waals surface area contributed by atoms with Gasteiger partial charge in [0.05, 0.1) is 5.25 Å². The molecule has 0 atom stereocenters. The van der Waals surface area contributed by atoms with Crippen molar-refractivity contribution in [3.8, 4) is 0 Å². The van der Waals surface area contributed by atoms with E-state index in [4.69, 9.17) is 0 Å². The average Bonchev–Trinajstić information content (AvgIpc) is 3.13. The summed E-state index contributed by atoms with van der Waals surface area (Å²) in [6, 6.07) is 2.28. The molecule has 1 aromatic heterocycles. The number of piperidine rings is 1. The molecular weight excluding hydrogens is 280 g/mol. The second-order valence-electron chi connectivity index (χ2n) is 5.40. The van der Waals surface area contributed by atoms with E-state index in [1.165, 1.54) is 0 Å². The molecule has 4 nitrogen and oxygen atoms in total. The van der Waals surface area contributed by atoms with Gasteiger partial charge in [-0.3, -0.25) is 0 Å². The summed E-state index contributed by atoms with van der Waals surface area (Å²) in [7, 11) is -3.14. The van der Waals surface area contributed by atoms with E-state index < -0.39 is 10.0 Å². The molecule has 2 aliphatic rings. The Balaban J connectivity index is 1.78. The van der Waals surface area contributed by atoms with Gasteiger partial charge in [0.2, 0.25) is 10.0 Å². The molecule has 1 saturated heterocycles. The molecule has 2 heterocycles. The summed E-state index contributed by atoms with van der Waals surface area (Å²) in [4.78, 5) is 0. The maximum absolute atomic E-state index is 12.8. The molecule has 0 amide bonds. The number of hydrogen-bond acceptors (Lipinski definition) is 4. The highest BCUT2D eigenvalue weighted by molar-refractivity contribution is 7.89. The largest absolute Gasteiger partial charge is 0.317 e. The summed E-state index contributed by atoms with van der Waals surface area (Å²) in [5.41, 5.74) is 1.12. The minimum Gasteiger partial charge on any atom is -0.317 e. The van der Waals surface area contributed by atoms with Gasteiger partial charge in [-0.25, -0.2) is 8.42 Å². The molecule has 3 rings (SSSR count). The molecule has 0 unspecified atom stereocenters. The van der Waals surface area contributed by atoms with Crippen LogP contribution in [0.1, 0.15) is 31.2 Å². The normalized spacial score (nSPS) is 21.9. The van der Waals surface area contributed by atoms with Crippen LogP contribution < -0.4 is 5.32 Å². The summed E-state index contributed by atoms with van der Waals surface area (Å²) in [6.45, 7) is 2.20. The molecule has 2 fully saturated rings. The minimum atomic E-state index is -3.14. The molecule has 6 heteroatoms. The van der Waals surface area contributed by atoms with Gasteiger partial charge < -0.3 is 5.32 Å². The molecule has 0 spiro atoms. The molecule has 19 heavy (non-hydrogen) atoms. The summed E-state index contributed by atoms with van der Waals surface area (Å²) >= 11 is 1.63. The zero-order chi connectivity index (χ0) is 13.3. The minimum absolute atomic E-state index is 0.187. The highest BCUT2D eigenvalue weighted by Gasteiger charge is 2.41. The zero-order valence-electron chi connectivity index (χ0n) is 10.9. The van der Waals surface area contributed by atoms with Crippen molar-refractivity contribution < 1.29 is 8.42 Å². The van der Waals surface area contributed by atoms with E-state index in [0.717, 1.165) is 44.3 Å². The first-order chi connectivity index (χ1) is 9.18. The zero-order valence-corrected chi connectivity index (χ0v) is 12.5. The van der Waals surface area contributed by atoms with Gasteiger partial charge in [-0.05, 0) is 61.2 Å². The fraction of sp³-hybridized carbons (Fsp3) is 0.692. The lowest BCUT2D eigenvalue weighted by atomic mass is 10.2. The van der Waals surface area contributed by atoms with E-state index in [1.807, 2.05) is 16.8 Å². The lowest BCUT2D eigenvalue weighted by molar-refractivity contribution is 0.379. The lowest BCUT2D eigenvalue weighted by Gasteiger charge is -2.30. The average molecular weight is 300 g/mol. The first kappa shape index (κ1) is 13.5. The van der Waals surface area contributed by atoms with Crippen molar-refractivity contribution in [1.82, 2.24) is 9.62 Å². The molecule has 1 saturated carbocycles. The molecule has 106 valence electrons. The predicted octanol–water partition coefficient (Wildman–Crippen LogP) is 1.79. The Morgan fingerprint density at radius 3 is 2.58 bits per heavy atom. The van der Waals surface area contributed by atoms with Gasteiger partial charge in [0.25, 0.3) is 0 Å². The maximum atomic E-state index is 12.8. The Morgan fingerprint density at radius 1 is 1.26 bits per heavy atom. The number of sulfonamides is 1. The van der Waals surface area contributed by atoms with E-state index in [1.54, 1.807) is 15.6 Å². The van der Waals surface area contributed by atoms with Crippen LogP contribution in [0.3, 0.4) is 0 Å². The van der Waals surface area contributed by atoms with Crippen LogP contribution in [0, 0.1) is 0 Å². The first-order valence-corrected chi connectivity index (χ1v) is 9.35. The van der Waals surface area contributed by atoms with E-state index in [9.17, 15) is 8.42 Å². The monoisotopic (exact) mass is 300 g/mol. The van der Waals surface area contributed by atoms with Gasteiger partial charge in [-0.1, -0.05) is 0 Å². The van der Waals surface area contributed by atoms with E-state index in [0.29, 0.717) is 6.54 Å². The van der Waals surface area contributed by atoms with Crippen molar-refractivity contribution in [2.24, 2.45) is 0 Å². The van der Waals surface area contributed by atoms with Crippen LogP contribution in [0.25, 0.3) is 0 Å². The quantitative estimate of drug-likeness (QED) is 0.902. The number of rotatable bonds is 5. The number of hydrogen-bond donors (Lipinski definition) is 1. The topological polar surface area (TPSA) is 49.4 Å². The van der Waals surface area contributed by atoms with Gasteiger partial charge in [0, 0.05) is 12.6 Å². The van der Waals surface area contributed by atoms with Crippen LogP contribution in [0.2, 0.25) is 0 Å². The SMILES string of the molecule is O=S(=O)(C1CCNCC1)N(Cc1ccsc1)C1CC1. The van der Waals surface area contributed by atoms with E-state index >= 15 is 0 Å². The predicted molar refractivity (Wildman–Crippen MR) is 77.7 cm³/mol. The van der Waals surface area contributed by atoms with Crippen LogP contribution in [0.15, 0.2) is 16.8 Å². The summed E-state index contributed by atoms with van der Waals surface area (Å²) in [5.74, 6) is 0. The van der Waals surface area contributed by atoms with Gasteiger partial charge in [-0.15, -0.1) is 0 Å². The fourth-order valence-corrected chi connectivity index (χ4v) is 5.47. The van der Waals surface area contributed by atoms with Gasteiger partial charge in [0.1, 0.15) is 0 Å². The van der Waals surface area contributed by atoms with E-state index in [-0.39, 0.29) is 11.3 Å². The van der Waals surface area contributed by atoms with Crippen LogP contribution >= 0.6 is 11.3 Å². The highest BCUT2D eigenvalue weighted by atomic mass is 32.2. The Hall–Kier alpha value is -0.430. The number of nitrogens with one attached hydrogen (secondary N) is 1. The maximum Gasteiger partial charge on any atom is 0.217 e. The van der Waals surface area contributed by atoms with Gasteiger partial charge in [-0.2, -0.15) is 15.6 Å². The van der Waals surface area contributed by atoms with Gasteiger partial charge >= 0.3 is 0 Å². The van der Waals surface area contributed by atoms with E-state index in [2.05, 4.69) is 5.32 Å². The standard InChI is InChI=1S/C13H20N2O2S2/c16-19(17,13-3-6-14-7-4-13)15(12-1-2-12)9-11-5-8-18-10-11/h5,8,10,12-14H,1-4,6-7,9H2. The van der Waals surface area contributed by atoms with Crippen molar-refractivity contribution >= 4 is 21.4 Å². The number of nitrogens with zero attached hydrogens (tertiary/aromatic N) is 1. The molecular formula is C13H20N2O2S2. The van der Waals surface area contributed by atoms with Crippen LogP contribution in [0.4, 0.5) is 0 Å². The van der Waals surface area contributed by atoms with Crippen molar-refractivity contribution in [1.29, 1.82) is 0 Å². The van der Waals surface area contributed by atoms with Crippen molar-refractivity contribution in [2.45, 2.75) is 43.5 Å². The third kappa shape index (κ3) is 3.02. The molecule has 1 aromatic rings. The Kier molecular flexibility index (Phi) is 3.93. The van der Waals surface area contributed by atoms with Crippen LogP contribution in [-0.2, 0) is 16.6 Å². The fourth-order valence-electron chi connectivity index (χ4n) is 2.64. The lowest BCUT2D eigenvalue weighted by Crippen LogP contribution is -2.44. The van der Waals surface area contributed by atoms with Crippen molar-refractivity contribution in [3.05, 3.63) is 22.4 Å². The third-order valence-corrected chi connectivity index (χ3v) is 7.03. The Labute approximate surface area is 118 Å². The molecule has 0 bridgehead atoms. The molecule has 0 aromatic carbocycles. The van der Waals surface area contributed by atoms with Crippen LogP contribution in [-0.4, -0.2) is 37.1 Å². The third-order valence-electron chi connectivity index (χ3n) is 3.91. The summed E-state index contributed by atoms with van der Waals surface area (Å²) in [6.07, 6.45) is 3.53. The van der Waals surface area contributed by atoms with Crippen LogP contribution in [0.5, 0.6) is 0 Å². The molecule has 1 N–H and O–H groups in total. The summed E-state index contributed by atoms with van der Waals surface area (Å²) < 4.78 is 27.4. The number of thiophene rings is 1. The first-order valence-electron chi connectivity index (χ1n) is 6.90. The second-order valence-corrected chi connectivity index (χ2v) is 8.35. The van der Waals surface area contributed by atoms with Gasteiger partial charge in [0.15, 0.2) is 0 Å². The second kappa shape index (κ2) is 5.52. The smallest absolute Gasteiger partial charge is 0.217 e.